The van der Waals surface area contributed by atoms with Crippen LogP contribution in [-0.2, 0) is 13.0 Å². The molecule has 0 radical (unpaired) electrons. The van der Waals surface area contributed by atoms with E-state index in [1.807, 2.05) is 47.8 Å². The normalized spacial score (nSPS) is 10.5. The minimum absolute atomic E-state index is 0.0624. The van der Waals surface area contributed by atoms with Crippen LogP contribution >= 0.6 is 33.9 Å². The van der Waals surface area contributed by atoms with Gasteiger partial charge in [0.25, 0.3) is 5.91 Å². The highest BCUT2D eigenvalue weighted by Gasteiger charge is 2.10. The first kappa shape index (κ1) is 16.1. The number of hydrogen-bond acceptors (Lipinski definition) is 3. The SMILES string of the molecule is O=C(NCc1csc(Cc2ccccc2)n1)c1ccccc1I. The molecule has 0 fully saturated rings. The Morgan fingerprint density at radius 1 is 1.09 bits per heavy atom. The zero-order chi connectivity index (χ0) is 16.1. The summed E-state index contributed by atoms with van der Waals surface area (Å²) in [5, 5.41) is 6.01. The van der Waals surface area contributed by atoms with Crippen molar-refractivity contribution in [2.45, 2.75) is 13.0 Å². The molecule has 1 aromatic heterocycles. The molecule has 1 N–H and O–H groups in total. The van der Waals surface area contributed by atoms with Gasteiger partial charge in [-0.3, -0.25) is 4.79 Å². The van der Waals surface area contributed by atoms with Crippen LogP contribution in [0.2, 0.25) is 0 Å². The molecule has 0 aliphatic rings. The summed E-state index contributed by atoms with van der Waals surface area (Å²) in [6, 6.07) is 17.8. The standard InChI is InChI=1S/C18H15IN2OS/c19-16-9-5-4-8-15(16)18(22)20-11-14-12-23-17(21-14)10-13-6-2-1-3-7-13/h1-9,12H,10-11H2,(H,20,22). The summed E-state index contributed by atoms with van der Waals surface area (Å²) in [7, 11) is 0. The predicted molar refractivity (Wildman–Crippen MR) is 102 cm³/mol. The largest absolute Gasteiger partial charge is 0.346 e. The van der Waals surface area contributed by atoms with Gasteiger partial charge in [-0.2, -0.15) is 0 Å². The van der Waals surface area contributed by atoms with Crippen molar-refractivity contribution in [1.82, 2.24) is 10.3 Å². The highest BCUT2D eigenvalue weighted by atomic mass is 127. The van der Waals surface area contributed by atoms with Crippen LogP contribution in [0.25, 0.3) is 0 Å². The van der Waals surface area contributed by atoms with Crippen molar-refractivity contribution in [2.75, 3.05) is 0 Å². The van der Waals surface area contributed by atoms with E-state index in [1.165, 1.54) is 5.56 Å². The summed E-state index contributed by atoms with van der Waals surface area (Å²) < 4.78 is 0.950. The third kappa shape index (κ3) is 4.39. The van der Waals surface area contributed by atoms with Crippen LogP contribution in [0.4, 0.5) is 0 Å². The maximum atomic E-state index is 12.2. The van der Waals surface area contributed by atoms with Gasteiger partial charge in [0.2, 0.25) is 0 Å². The van der Waals surface area contributed by atoms with Gasteiger partial charge in [-0.15, -0.1) is 11.3 Å². The predicted octanol–water partition coefficient (Wildman–Crippen LogP) is 4.27. The number of rotatable bonds is 5. The fourth-order valence-electron chi connectivity index (χ4n) is 2.19. The first-order valence-electron chi connectivity index (χ1n) is 7.22. The number of aromatic nitrogens is 1. The molecule has 0 bridgehead atoms. The first-order chi connectivity index (χ1) is 11.2. The molecule has 3 aromatic rings. The summed E-state index contributed by atoms with van der Waals surface area (Å²) in [5.74, 6) is -0.0624. The van der Waals surface area contributed by atoms with E-state index in [2.05, 4.69) is 45.0 Å². The maximum absolute atomic E-state index is 12.2. The van der Waals surface area contributed by atoms with Crippen LogP contribution in [0.1, 0.15) is 26.6 Å². The number of benzene rings is 2. The molecule has 1 amide bonds. The second kappa shape index (κ2) is 7.70. The van der Waals surface area contributed by atoms with Gasteiger partial charge >= 0.3 is 0 Å². The van der Waals surface area contributed by atoms with Crippen molar-refractivity contribution in [3.8, 4) is 0 Å². The Morgan fingerprint density at radius 2 is 1.83 bits per heavy atom. The van der Waals surface area contributed by atoms with E-state index >= 15 is 0 Å². The Kier molecular flexibility index (Phi) is 5.40. The van der Waals surface area contributed by atoms with Gasteiger partial charge in [0.15, 0.2) is 0 Å². The lowest BCUT2D eigenvalue weighted by molar-refractivity contribution is 0.0949. The van der Waals surface area contributed by atoms with E-state index < -0.39 is 0 Å². The third-order valence-corrected chi connectivity index (χ3v) is 5.18. The fourth-order valence-corrected chi connectivity index (χ4v) is 3.65. The van der Waals surface area contributed by atoms with Crippen LogP contribution < -0.4 is 5.32 Å². The molecule has 5 heteroatoms. The molecule has 0 unspecified atom stereocenters. The zero-order valence-electron chi connectivity index (χ0n) is 12.3. The van der Waals surface area contributed by atoms with Crippen molar-refractivity contribution in [1.29, 1.82) is 0 Å². The number of carbonyl (C=O) groups is 1. The van der Waals surface area contributed by atoms with Crippen LogP contribution in [0, 0.1) is 3.57 Å². The lowest BCUT2D eigenvalue weighted by atomic mass is 10.2. The van der Waals surface area contributed by atoms with Crippen molar-refractivity contribution >= 4 is 39.8 Å². The van der Waals surface area contributed by atoms with Gasteiger partial charge in [-0.1, -0.05) is 42.5 Å². The second-order valence-corrected chi connectivity index (χ2v) is 7.16. The molecule has 23 heavy (non-hydrogen) atoms. The molecule has 3 nitrogen and oxygen atoms in total. The van der Waals surface area contributed by atoms with E-state index in [0.717, 1.165) is 20.7 Å². The quantitative estimate of drug-likeness (QED) is 0.610. The Bertz CT molecular complexity index is 802. The van der Waals surface area contributed by atoms with Crippen molar-refractivity contribution in [3.05, 3.63) is 85.4 Å². The van der Waals surface area contributed by atoms with Gasteiger partial charge in [0.05, 0.1) is 22.8 Å². The van der Waals surface area contributed by atoms with E-state index in [0.29, 0.717) is 12.1 Å². The number of thiazole rings is 1. The minimum atomic E-state index is -0.0624. The van der Waals surface area contributed by atoms with E-state index in [-0.39, 0.29) is 5.91 Å². The highest BCUT2D eigenvalue weighted by Crippen LogP contribution is 2.15. The molecule has 116 valence electrons. The van der Waals surface area contributed by atoms with E-state index in [1.54, 1.807) is 11.3 Å². The maximum Gasteiger partial charge on any atom is 0.252 e. The van der Waals surface area contributed by atoms with E-state index in [4.69, 9.17) is 0 Å². The third-order valence-electron chi connectivity index (χ3n) is 3.35. The van der Waals surface area contributed by atoms with Crippen LogP contribution in [-0.4, -0.2) is 10.9 Å². The zero-order valence-corrected chi connectivity index (χ0v) is 15.3. The number of hydrogen-bond donors (Lipinski definition) is 1. The van der Waals surface area contributed by atoms with E-state index in [9.17, 15) is 4.79 Å². The van der Waals surface area contributed by atoms with Gasteiger partial charge in [0, 0.05) is 15.4 Å². The van der Waals surface area contributed by atoms with Gasteiger partial charge < -0.3 is 5.32 Å². The molecular formula is C18H15IN2OS. The van der Waals surface area contributed by atoms with Crippen molar-refractivity contribution in [2.24, 2.45) is 0 Å². The summed E-state index contributed by atoms with van der Waals surface area (Å²) in [6.45, 7) is 0.453. The summed E-state index contributed by atoms with van der Waals surface area (Å²) in [4.78, 5) is 16.8. The average Bonchev–Trinajstić information content (AvgIpc) is 3.01. The number of halogens is 1. The average molecular weight is 434 g/mol. The topological polar surface area (TPSA) is 42.0 Å². The van der Waals surface area contributed by atoms with Gasteiger partial charge in [-0.05, 0) is 40.3 Å². The Hall–Kier alpha value is -1.73. The fraction of sp³-hybridized carbons (Fsp3) is 0.111. The molecule has 0 saturated carbocycles. The van der Waals surface area contributed by atoms with Crippen LogP contribution in [0.3, 0.4) is 0 Å². The number of amides is 1. The van der Waals surface area contributed by atoms with Gasteiger partial charge in [0.1, 0.15) is 0 Å². The molecule has 2 aromatic carbocycles. The molecule has 0 aliphatic heterocycles. The summed E-state index contributed by atoms with van der Waals surface area (Å²) in [5.41, 5.74) is 2.85. The number of nitrogens with one attached hydrogen (secondary N) is 1. The van der Waals surface area contributed by atoms with Crippen molar-refractivity contribution < 1.29 is 4.79 Å². The minimum Gasteiger partial charge on any atom is -0.346 e. The molecule has 1 heterocycles. The smallest absolute Gasteiger partial charge is 0.252 e. The Balaban J connectivity index is 1.59. The number of carbonyl (C=O) groups excluding carboxylic acids is 1. The lowest BCUT2D eigenvalue weighted by Gasteiger charge is -2.05. The van der Waals surface area contributed by atoms with Gasteiger partial charge in [-0.25, -0.2) is 4.98 Å². The summed E-state index contributed by atoms with van der Waals surface area (Å²) >= 11 is 3.80. The Morgan fingerprint density at radius 3 is 2.61 bits per heavy atom. The monoisotopic (exact) mass is 434 g/mol. The second-order valence-electron chi connectivity index (χ2n) is 5.06. The molecule has 0 atom stereocenters. The highest BCUT2D eigenvalue weighted by molar-refractivity contribution is 14.1. The molecular weight excluding hydrogens is 419 g/mol. The first-order valence-corrected chi connectivity index (χ1v) is 9.18. The molecule has 0 aliphatic carbocycles. The lowest BCUT2D eigenvalue weighted by Crippen LogP contribution is -2.23. The summed E-state index contributed by atoms with van der Waals surface area (Å²) in [6.07, 6.45) is 0.829. The molecule has 0 spiro atoms. The molecule has 0 saturated heterocycles. The van der Waals surface area contributed by atoms with Crippen LogP contribution in [0.15, 0.2) is 60.0 Å². The molecule has 3 rings (SSSR count). The van der Waals surface area contributed by atoms with Crippen LogP contribution in [0.5, 0.6) is 0 Å². The van der Waals surface area contributed by atoms with Crippen molar-refractivity contribution in [3.63, 3.8) is 0 Å². The number of nitrogens with zero attached hydrogens (tertiary/aromatic N) is 1. The Labute approximate surface area is 152 Å².